The van der Waals surface area contributed by atoms with Crippen LogP contribution in [0.4, 0.5) is 0 Å². The Labute approximate surface area is 153 Å². The molecule has 0 spiro atoms. The monoisotopic (exact) mass is 348 g/mol. The molecule has 0 radical (unpaired) electrons. The number of ether oxygens (including phenoxy) is 1. The molecule has 2 aliphatic rings. The average molecular weight is 349 g/mol. The Kier molecular flexibility index (Phi) is 5.59. The Hall–Kier alpha value is -1.09. The summed E-state index contributed by atoms with van der Waals surface area (Å²) in [6.45, 7) is 16.2. The molecule has 3 nitrogen and oxygen atoms in total. The number of carbonyl (C=O) groups excluding carboxylic acids is 1. The highest BCUT2D eigenvalue weighted by atomic mass is 16.6. The van der Waals surface area contributed by atoms with Crippen molar-refractivity contribution in [2.45, 2.75) is 85.4 Å². The molecule has 0 bridgehead atoms. The summed E-state index contributed by atoms with van der Waals surface area (Å²) in [5.74, 6) is 0.178. The van der Waals surface area contributed by atoms with E-state index in [1.807, 2.05) is 19.9 Å². The van der Waals surface area contributed by atoms with E-state index in [-0.39, 0.29) is 22.7 Å². The zero-order chi connectivity index (χ0) is 19.0. The number of allylic oxidation sites excluding steroid dienone is 3. The van der Waals surface area contributed by atoms with Crippen LogP contribution in [-0.2, 0) is 9.53 Å². The summed E-state index contributed by atoms with van der Waals surface area (Å²) in [4.78, 5) is 11.7. The molecule has 0 aromatic rings. The van der Waals surface area contributed by atoms with Gasteiger partial charge in [0.1, 0.15) is 11.7 Å². The van der Waals surface area contributed by atoms with Gasteiger partial charge in [-0.2, -0.15) is 0 Å². The Balaban J connectivity index is 2.47. The van der Waals surface area contributed by atoms with Crippen molar-refractivity contribution in [1.29, 1.82) is 0 Å². The minimum atomic E-state index is -1.03. The van der Waals surface area contributed by atoms with Gasteiger partial charge in [0.25, 0.3) is 0 Å². The first-order chi connectivity index (χ1) is 11.4. The van der Waals surface area contributed by atoms with Crippen molar-refractivity contribution in [2.75, 3.05) is 0 Å². The van der Waals surface area contributed by atoms with E-state index in [4.69, 9.17) is 4.74 Å². The molecule has 0 saturated heterocycles. The van der Waals surface area contributed by atoms with E-state index < -0.39 is 11.7 Å². The summed E-state index contributed by atoms with van der Waals surface area (Å²) >= 11 is 0. The first kappa shape index (κ1) is 20.2. The smallest absolute Gasteiger partial charge is 0.303 e. The van der Waals surface area contributed by atoms with Crippen LogP contribution in [0, 0.1) is 22.7 Å². The van der Waals surface area contributed by atoms with Crippen LogP contribution in [0.3, 0.4) is 0 Å². The lowest BCUT2D eigenvalue weighted by Crippen LogP contribution is -2.64. The molecule has 2 fully saturated rings. The van der Waals surface area contributed by atoms with E-state index >= 15 is 0 Å². The quantitative estimate of drug-likeness (QED) is 0.571. The standard InChI is InChI=1S/C22H36O3/c1-8-15(2)10-11-17-21(6)13-9-12-20(4,5)18(21)14-19(22(17,7)24)25-16(3)23/h8,10,17-19,24H,1,9,11-14H2,2-7H3/b15-10-/t17-,18+,19+,21-,22+/m1/s1. The van der Waals surface area contributed by atoms with Crippen molar-refractivity contribution in [3.8, 4) is 0 Å². The zero-order valence-corrected chi connectivity index (χ0v) is 16.9. The Bertz CT molecular complexity index is 558. The summed E-state index contributed by atoms with van der Waals surface area (Å²) in [5, 5.41) is 11.5. The van der Waals surface area contributed by atoms with Gasteiger partial charge in [0.2, 0.25) is 0 Å². The van der Waals surface area contributed by atoms with Gasteiger partial charge in [-0.05, 0) is 56.3 Å². The van der Waals surface area contributed by atoms with Gasteiger partial charge in [0, 0.05) is 12.8 Å². The number of carbonyl (C=O) groups is 1. The third-order valence-electron chi connectivity index (χ3n) is 7.18. The maximum absolute atomic E-state index is 11.7. The van der Waals surface area contributed by atoms with E-state index in [2.05, 4.69) is 33.4 Å². The molecule has 0 aliphatic heterocycles. The number of aliphatic hydroxyl groups is 1. The van der Waals surface area contributed by atoms with Gasteiger partial charge in [-0.1, -0.05) is 51.5 Å². The van der Waals surface area contributed by atoms with Crippen LogP contribution in [0.25, 0.3) is 0 Å². The van der Waals surface area contributed by atoms with Gasteiger partial charge in [-0.15, -0.1) is 0 Å². The van der Waals surface area contributed by atoms with Crippen molar-refractivity contribution in [1.82, 2.24) is 0 Å². The summed E-state index contributed by atoms with van der Waals surface area (Å²) in [6, 6.07) is 0. The van der Waals surface area contributed by atoms with Gasteiger partial charge < -0.3 is 9.84 Å². The minimum absolute atomic E-state index is 0.0415. The van der Waals surface area contributed by atoms with E-state index in [1.165, 1.54) is 19.8 Å². The largest absolute Gasteiger partial charge is 0.459 e. The highest BCUT2D eigenvalue weighted by Gasteiger charge is 2.61. The minimum Gasteiger partial charge on any atom is -0.459 e. The van der Waals surface area contributed by atoms with Crippen molar-refractivity contribution in [3.05, 3.63) is 24.3 Å². The first-order valence-corrected chi connectivity index (χ1v) is 9.64. The van der Waals surface area contributed by atoms with Crippen LogP contribution >= 0.6 is 0 Å². The Morgan fingerprint density at radius 1 is 1.24 bits per heavy atom. The molecule has 0 heterocycles. The fourth-order valence-corrected chi connectivity index (χ4v) is 5.78. The molecule has 142 valence electrons. The highest BCUT2D eigenvalue weighted by molar-refractivity contribution is 5.66. The molecular formula is C22H36O3. The summed E-state index contributed by atoms with van der Waals surface area (Å²) in [5.41, 5.74) is 0.333. The summed E-state index contributed by atoms with van der Waals surface area (Å²) < 4.78 is 5.63. The number of fused-ring (bicyclic) bond motifs is 1. The lowest BCUT2D eigenvalue weighted by molar-refractivity contribution is -0.229. The molecule has 2 saturated carbocycles. The van der Waals surface area contributed by atoms with Crippen LogP contribution in [0.2, 0.25) is 0 Å². The molecule has 5 atom stereocenters. The van der Waals surface area contributed by atoms with Gasteiger partial charge in [-0.3, -0.25) is 4.79 Å². The van der Waals surface area contributed by atoms with Crippen molar-refractivity contribution in [3.63, 3.8) is 0 Å². The maximum Gasteiger partial charge on any atom is 0.303 e. The number of hydrogen-bond donors (Lipinski definition) is 1. The van der Waals surface area contributed by atoms with Crippen molar-refractivity contribution in [2.24, 2.45) is 22.7 Å². The second-order valence-electron chi connectivity index (χ2n) is 9.40. The van der Waals surface area contributed by atoms with Gasteiger partial charge in [0.15, 0.2) is 0 Å². The Morgan fingerprint density at radius 2 is 1.88 bits per heavy atom. The highest BCUT2D eigenvalue weighted by Crippen LogP contribution is 2.63. The van der Waals surface area contributed by atoms with Crippen LogP contribution in [0.15, 0.2) is 24.3 Å². The predicted octanol–water partition coefficient (Wildman–Crippen LogP) is 5.04. The van der Waals surface area contributed by atoms with Crippen molar-refractivity contribution >= 4 is 5.97 Å². The van der Waals surface area contributed by atoms with E-state index in [0.717, 1.165) is 24.8 Å². The normalized spacial score (nSPS) is 40.9. The number of esters is 1. The zero-order valence-electron chi connectivity index (χ0n) is 16.9. The topological polar surface area (TPSA) is 46.5 Å². The molecule has 0 amide bonds. The van der Waals surface area contributed by atoms with E-state index in [1.54, 1.807) is 0 Å². The first-order valence-electron chi connectivity index (χ1n) is 9.64. The van der Waals surface area contributed by atoms with Crippen LogP contribution < -0.4 is 0 Å². The predicted molar refractivity (Wildman–Crippen MR) is 102 cm³/mol. The number of hydrogen-bond acceptors (Lipinski definition) is 3. The third kappa shape index (κ3) is 3.72. The van der Waals surface area contributed by atoms with Gasteiger partial charge in [-0.25, -0.2) is 0 Å². The molecule has 1 N–H and O–H groups in total. The molecule has 0 aromatic heterocycles. The molecule has 0 aromatic carbocycles. The lowest BCUT2D eigenvalue weighted by Gasteiger charge is -2.62. The van der Waals surface area contributed by atoms with Crippen LogP contribution in [-0.4, -0.2) is 22.8 Å². The SMILES string of the molecule is C=C/C(C)=C\C[C@H]1[C@](C)(O)[C@@H](OC(C)=O)C[C@H]2C(C)(C)CCC[C@@]21C. The second-order valence-corrected chi connectivity index (χ2v) is 9.40. The molecule has 25 heavy (non-hydrogen) atoms. The summed E-state index contributed by atoms with van der Waals surface area (Å²) in [6.07, 6.45) is 8.62. The second kappa shape index (κ2) is 6.90. The van der Waals surface area contributed by atoms with E-state index in [0.29, 0.717) is 5.92 Å². The lowest BCUT2D eigenvalue weighted by atomic mass is 9.44. The molecule has 2 rings (SSSR count). The third-order valence-corrected chi connectivity index (χ3v) is 7.18. The van der Waals surface area contributed by atoms with Crippen LogP contribution in [0.1, 0.15) is 73.6 Å². The van der Waals surface area contributed by atoms with Crippen LogP contribution in [0.5, 0.6) is 0 Å². The Morgan fingerprint density at radius 3 is 2.44 bits per heavy atom. The molecule has 2 aliphatic carbocycles. The van der Waals surface area contributed by atoms with E-state index in [9.17, 15) is 9.90 Å². The fraction of sp³-hybridized carbons (Fsp3) is 0.773. The van der Waals surface area contributed by atoms with Crippen molar-refractivity contribution < 1.29 is 14.6 Å². The molecular weight excluding hydrogens is 312 g/mol. The average Bonchev–Trinajstić information content (AvgIpc) is 2.47. The maximum atomic E-state index is 11.7. The molecule has 0 unspecified atom stereocenters. The molecule has 3 heteroatoms. The fourth-order valence-electron chi connectivity index (χ4n) is 5.78. The number of rotatable bonds is 4. The van der Waals surface area contributed by atoms with Gasteiger partial charge >= 0.3 is 5.97 Å². The summed E-state index contributed by atoms with van der Waals surface area (Å²) in [7, 11) is 0. The van der Waals surface area contributed by atoms with Gasteiger partial charge in [0.05, 0.1) is 0 Å².